The molecule has 0 aliphatic carbocycles. The van der Waals surface area contributed by atoms with Gasteiger partial charge in [-0.05, 0) is 40.2 Å². The quantitative estimate of drug-likeness (QED) is 0.199. The van der Waals surface area contributed by atoms with Crippen LogP contribution in [-0.4, -0.2) is 9.97 Å². The fraction of sp³-hybridized carbons (Fsp3) is 0. The van der Waals surface area contributed by atoms with E-state index in [1.54, 1.807) is 12.3 Å². The molecule has 0 amide bonds. The minimum atomic E-state index is 0. The Labute approximate surface area is 218 Å². The summed E-state index contributed by atoms with van der Waals surface area (Å²) < 4.78 is 0. The van der Waals surface area contributed by atoms with Gasteiger partial charge in [0.1, 0.15) is 5.69 Å². The van der Waals surface area contributed by atoms with E-state index in [-0.39, 0.29) is 20.1 Å². The Kier molecular flexibility index (Phi) is 9.17. The fourth-order valence-electron chi connectivity index (χ4n) is 3.28. The second kappa shape index (κ2) is 12.7. The van der Waals surface area contributed by atoms with Crippen molar-refractivity contribution in [3.05, 3.63) is 139 Å². The third-order valence-corrected chi connectivity index (χ3v) is 4.90. The first kappa shape index (κ1) is 25.2. The second-order valence-corrected chi connectivity index (χ2v) is 7.18. The number of nitrogens with zero attached hydrogens (tertiary/aromatic N) is 4. The summed E-state index contributed by atoms with van der Waals surface area (Å²) in [5.41, 5.74) is 6.53. The van der Waals surface area contributed by atoms with Gasteiger partial charge in [-0.2, -0.15) is 5.26 Å². The summed E-state index contributed by atoms with van der Waals surface area (Å²) in [6, 6.07) is 39.2. The molecule has 0 aliphatic heterocycles. The van der Waals surface area contributed by atoms with Crippen LogP contribution in [0.3, 0.4) is 0 Å². The predicted molar refractivity (Wildman–Crippen MR) is 133 cm³/mol. The van der Waals surface area contributed by atoms with Gasteiger partial charge < -0.3 is 9.97 Å². The van der Waals surface area contributed by atoms with Crippen LogP contribution in [0.2, 0.25) is 0 Å². The van der Waals surface area contributed by atoms with Gasteiger partial charge in [0.2, 0.25) is 0 Å². The summed E-state index contributed by atoms with van der Waals surface area (Å²) in [6.45, 7) is 6.94. The summed E-state index contributed by atoms with van der Waals surface area (Å²) in [5.74, 6) is 0. The Morgan fingerprint density at radius 3 is 2.20 bits per heavy atom. The molecule has 1 radical (unpaired) electrons. The van der Waals surface area contributed by atoms with Crippen LogP contribution in [0.1, 0.15) is 5.56 Å². The molecule has 0 N–H and O–H groups in total. The molecule has 0 saturated carbocycles. The van der Waals surface area contributed by atoms with E-state index in [9.17, 15) is 0 Å². The number of hydrogen-bond donors (Lipinski definition) is 0. The maximum absolute atomic E-state index is 8.84. The van der Waals surface area contributed by atoms with Crippen LogP contribution in [0.25, 0.3) is 38.5 Å². The fourth-order valence-corrected chi connectivity index (χ4v) is 3.28. The topological polar surface area (TPSA) is 53.9 Å². The summed E-state index contributed by atoms with van der Waals surface area (Å²) in [7, 11) is 0. The van der Waals surface area contributed by atoms with Crippen molar-refractivity contribution >= 4 is 5.69 Å². The summed E-state index contributed by atoms with van der Waals surface area (Å²) in [5, 5.41) is 8.84. The first-order chi connectivity index (χ1) is 16.8. The van der Waals surface area contributed by atoms with Crippen LogP contribution in [0, 0.1) is 30.0 Å². The SMILES string of the molecule is [C-]#[N+]c1[c-]c(-c2ccccn2)cc(C#N)c1.[Ir].[c-]1ccccc1-c1cc(-c2ccccc2)ccn1. The molecule has 3 aromatic carbocycles. The number of nitriles is 1. The zero-order valence-corrected chi connectivity index (χ0v) is 20.9. The van der Waals surface area contributed by atoms with Gasteiger partial charge in [-0.3, -0.25) is 4.85 Å². The molecule has 0 bridgehead atoms. The van der Waals surface area contributed by atoms with E-state index >= 15 is 0 Å². The summed E-state index contributed by atoms with van der Waals surface area (Å²) >= 11 is 0. The molecule has 2 heterocycles. The largest absolute Gasteiger partial charge is 0.305 e. The van der Waals surface area contributed by atoms with Crippen LogP contribution in [0.4, 0.5) is 5.69 Å². The molecule has 0 unspecified atom stereocenters. The average molecular weight is 627 g/mol. The molecule has 35 heavy (non-hydrogen) atoms. The van der Waals surface area contributed by atoms with Gasteiger partial charge in [0.25, 0.3) is 0 Å². The number of pyridine rings is 2. The van der Waals surface area contributed by atoms with Crippen molar-refractivity contribution in [2.75, 3.05) is 0 Å². The van der Waals surface area contributed by atoms with Gasteiger partial charge in [0, 0.05) is 32.5 Å². The Balaban J connectivity index is 0.000000192. The predicted octanol–water partition coefficient (Wildman–Crippen LogP) is 7.18. The molecular formula is C30H18IrN4-2. The van der Waals surface area contributed by atoms with Crippen molar-refractivity contribution in [2.45, 2.75) is 0 Å². The van der Waals surface area contributed by atoms with E-state index < -0.39 is 0 Å². The Hall–Kier alpha value is -4.41. The smallest absolute Gasteiger partial charge is 0.107 e. The van der Waals surface area contributed by atoms with Gasteiger partial charge in [0.05, 0.1) is 12.6 Å². The van der Waals surface area contributed by atoms with Gasteiger partial charge in [0.15, 0.2) is 0 Å². The van der Waals surface area contributed by atoms with Crippen molar-refractivity contribution in [3.8, 4) is 39.7 Å². The van der Waals surface area contributed by atoms with Gasteiger partial charge in [-0.15, -0.1) is 59.7 Å². The average Bonchev–Trinajstić information content (AvgIpc) is 2.94. The first-order valence-corrected chi connectivity index (χ1v) is 10.5. The molecule has 0 aliphatic rings. The Morgan fingerprint density at radius 1 is 0.743 bits per heavy atom. The molecule has 0 fully saturated rings. The standard InChI is InChI=1S/C17H12N.C13H6N3.Ir/c1-3-7-14(8-4-1)16-11-12-18-17(13-16)15-9-5-2-6-10-15;1-15-12-7-10(9-14)6-11(8-12)13-4-2-3-5-16-13;/h1-9,11-13H;2-7H;/q2*-1;. The maximum Gasteiger partial charge on any atom is 0.107 e. The van der Waals surface area contributed by atoms with Crippen LogP contribution < -0.4 is 0 Å². The maximum atomic E-state index is 8.84. The Bertz CT molecular complexity index is 1370. The van der Waals surface area contributed by atoms with Gasteiger partial charge >= 0.3 is 0 Å². The van der Waals surface area contributed by atoms with Crippen LogP contribution in [0.15, 0.2) is 109 Å². The zero-order valence-electron chi connectivity index (χ0n) is 18.5. The van der Waals surface area contributed by atoms with E-state index in [0.717, 1.165) is 11.3 Å². The summed E-state index contributed by atoms with van der Waals surface area (Å²) in [4.78, 5) is 11.8. The van der Waals surface area contributed by atoms with Crippen molar-refractivity contribution in [3.63, 3.8) is 0 Å². The van der Waals surface area contributed by atoms with E-state index in [1.807, 2.05) is 79.0 Å². The van der Waals surface area contributed by atoms with Crippen molar-refractivity contribution < 1.29 is 20.1 Å². The van der Waals surface area contributed by atoms with Crippen LogP contribution in [-0.2, 0) is 20.1 Å². The number of benzene rings is 3. The van der Waals surface area contributed by atoms with Gasteiger partial charge in [-0.25, -0.2) is 0 Å². The molecule has 5 rings (SSSR count). The van der Waals surface area contributed by atoms with E-state index in [0.29, 0.717) is 22.5 Å². The number of hydrogen-bond acceptors (Lipinski definition) is 3. The molecular weight excluding hydrogens is 609 g/mol. The third-order valence-electron chi connectivity index (χ3n) is 4.90. The zero-order chi connectivity index (χ0) is 23.6. The molecule has 5 heteroatoms. The van der Waals surface area contributed by atoms with E-state index in [4.69, 9.17) is 11.8 Å². The van der Waals surface area contributed by atoms with Crippen molar-refractivity contribution in [2.24, 2.45) is 0 Å². The molecule has 5 aromatic rings. The van der Waals surface area contributed by atoms with Crippen LogP contribution >= 0.6 is 0 Å². The Morgan fingerprint density at radius 2 is 1.51 bits per heavy atom. The third kappa shape index (κ3) is 6.79. The molecule has 0 spiro atoms. The minimum absolute atomic E-state index is 0. The van der Waals surface area contributed by atoms with E-state index in [1.165, 1.54) is 17.2 Å². The molecule has 0 atom stereocenters. The molecule has 169 valence electrons. The van der Waals surface area contributed by atoms with Crippen molar-refractivity contribution in [1.82, 2.24) is 9.97 Å². The van der Waals surface area contributed by atoms with E-state index in [2.05, 4.69) is 45.1 Å². The first-order valence-electron chi connectivity index (χ1n) is 10.5. The molecule has 2 aromatic heterocycles. The van der Waals surface area contributed by atoms with Gasteiger partial charge in [-0.1, -0.05) is 48.5 Å². The molecule has 4 nitrogen and oxygen atoms in total. The minimum Gasteiger partial charge on any atom is -0.305 e. The normalized spacial score (nSPS) is 9.43. The molecule has 0 saturated heterocycles. The van der Waals surface area contributed by atoms with Crippen LogP contribution in [0.5, 0.6) is 0 Å². The number of rotatable bonds is 3. The summed E-state index contributed by atoms with van der Waals surface area (Å²) in [6.07, 6.45) is 3.51. The second-order valence-electron chi connectivity index (χ2n) is 7.18. The number of aromatic nitrogens is 2. The monoisotopic (exact) mass is 627 g/mol. The van der Waals surface area contributed by atoms with Crippen molar-refractivity contribution in [1.29, 1.82) is 5.26 Å².